The van der Waals surface area contributed by atoms with Gasteiger partial charge in [-0.1, -0.05) is 11.6 Å². The van der Waals surface area contributed by atoms with E-state index in [9.17, 15) is 4.57 Å². The number of hydrogen-bond donors (Lipinski definition) is 0. The molecular weight excluding hydrogens is 275 g/mol. The minimum absolute atomic E-state index is 0.473. The molecule has 0 aliphatic heterocycles. The molecule has 2 aromatic rings. The van der Waals surface area contributed by atoms with Gasteiger partial charge in [-0.2, -0.15) is 0 Å². The molecule has 0 bridgehead atoms. The molecule has 0 N–H and O–H groups in total. The Labute approximate surface area is 110 Å². The minimum atomic E-state index is -2.54. The van der Waals surface area contributed by atoms with Crippen LogP contribution in [0.2, 0.25) is 5.02 Å². The van der Waals surface area contributed by atoms with Gasteiger partial charge in [0.05, 0.1) is 12.8 Å². The highest BCUT2D eigenvalue weighted by molar-refractivity contribution is 7.57. The van der Waals surface area contributed by atoms with E-state index in [-0.39, 0.29) is 0 Å². The summed E-state index contributed by atoms with van der Waals surface area (Å²) in [5.74, 6) is 0. The molecule has 0 radical (unpaired) electrons. The Hall–Kier alpha value is -0.340. The first-order valence-corrected chi connectivity index (χ1v) is 8.90. The first kappa shape index (κ1) is 13.1. The van der Waals surface area contributed by atoms with Gasteiger partial charge in [0.2, 0.25) is 7.37 Å². The second-order valence-corrected chi connectivity index (χ2v) is 7.94. The van der Waals surface area contributed by atoms with Crippen LogP contribution in [-0.2, 0) is 15.3 Å². The van der Waals surface area contributed by atoms with E-state index in [1.807, 2.05) is 30.5 Å². The average molecular weight is 289 g/mol. The lowest BCUT2D eigenvalue weighted by molar-refractivity contribution is 0.336. The molecule has 1 heterocycles. The number of hydrogen-bond acceptors (Lipinski definition) is 3. The van der Waals surface area contributed by atoms with Gasteiger partial charge in [-0.3, -0.25) is 4.57 Å². The molecule has 1 aromatic heterocycles. The molecule has 0 aliphatic carbocycles. The molecule has 0 aliphatic rings. The minimum Gasteiger partial charge on any atom is -0.329 e. The van der Waals surface area contributed by atoms with Crippen molar-refractivity contribution in [2.75, 3.05) is 13.3 Å². The summed E-state index contributed by atoms with van der Waals surface area (Å²) in [6.07, 6.45) is 0.473. The average Bonchev–Trinajstić information content (AvgIpc) is 2.60. The Bertz CT molecular complexity index is 579. The van der Waals surface area contributed by atoms with Gasteiger partial charge in [0.15, 0.2) is 0 Å². The van der Waals surface area contributed by atoms with Crippen molar-refractivity contribution in [3.05, 3.63) is 34.2 Å². The zero-order valence-corrected chi connectivity index (χ0v) is 12.2. The number of halogens is 1. The normalized spacial score (nSPS) is 15.0. The summed E-state index contributed by atoms with van der Waals surface area (Å²) in [4.78, 5) is 0. The maximum Gasteiger partial charge on any atom is 0.204 e. The first-order chi connectivity index (χ1) is 8.02. The summed E-state index contributed by atoms with van der Waals surface area (Å²) in [7, 11) is -2.54. The molecular formula is C12H14ClO2PS. The molecule has 0 saturated carbocycles. The molecule has 2 nitrogen and oxygen atoms in total. The highest BCUT2D eigenvalue weighted by Gasteiger charge is 2.18. The second-order valence-electron chi connectivity index (χ2n) is 3.99. The maximum atomic E-state index is 12.2. The van der Waals surface area contributed by atoms with Crippen LogP contribution in [0.15, 0.2) is 23.6 Å². The predicted octanol–water partition coefficient (Wildman–Crippen LogP) is 5.00. The molecule has 0 unspecified atom stereocenters. The first-order valence-electron chi connectivity index (χ1n) is 5.38. The highest BCUT2D eigenvalue weighted by Crippen LogP contribution is 2.48. The summed E-state index contributed by atoms with van der Waals surface area (Å²) in [6.45, 7) is 4.03. The van der Waals surface area contributed by atoms with Gasteiger partial charge >= 0.3 is 0 Å². The third-order valence-electron chi connectivity index (χ3n) is 2.48. The van der Waals surface area contributed by atoms with Crippen molar-refractivity contribution in [2.24, 2.45) is 0 Å². The van der Waals surface area contributed by atoms with Crippen molar-refractivity contribution in [2.45, 2.75) is 13.1 Å². The van der Waals surface area contributed by atoms with Crippen LogP contribution in [0.4, 0.5) is 0 Å². The fourth-order valence-electron chi connectivity index (χ4n) is 1.80. The van der Waals surface area contributed by atoms with Crippen LogP contribution in [0.5, 0.6) is 0 Å². The third-order valence-corrected chi connectivity index (χ3v) is 5.44. The largest absolute Gasteiger partial charge is 0.329 e. The van der Waals surface area contributed by atoms with E-state index < -0.39 is 7.37 Å². The van der Waals surface area contributed by atoms with Gasteiger partial charge in [0.1, 0.15) is 0 Å². The summed E-state index contributed by atoms with van der Waals surface area (Å²) in [5, 5.41) is 3.83. The van der Waals surface area contributed by atoms with E-state index in [1.165, 1.54) is 4.70 Å². The third kappa shape index (κ3) is 3.11. The summed E-state index contributed by atoms with van der Waals surface area (Å²) >= 11 is 7.63. The van der Waals surface area contributed by atoms with Gasteiger partial charge in [-0.25, -0.2) is 0 Å². The van der Waals surface area contributed by atoms with Gasteiger partial charge in [-0.05, 0) is 41.5 Å². The fraction of sp³-hybridized carbons (Fsp3) is 0.333. The van der Waals surface area contributed by atoms with Crippen molar-refractivity contribution in [1.82, 2.24) is 0 Å². The van der Waals surface area contributed by atoms with Crippen LogP contribution in [0.1, 0.15) is 12.5 Å². The highest BCUT2D eigenvalue weighted by atomic mass is 35.5. The van der Waals surface area contributed by atoms with Gasteiger partial charge in [0, 0.05) is 16.4 Å². The van der Waals surface area contributed by atoms with Crippen molar-refractivity contribution < 1.29 is 9.09 Å². The van der Waals surface area contributed by atoms with E-state index in [0.717, 1.165) is 10.9 Å². The van der Waals surface area contributed by atoms with E-state index in [2.05, 4.69) is 0 Å². The summed E-state index contributed by atoms with van der Waals surface area (Å²) in [6, 6.07) is 5.79. The summed E-state index contributed by atoms with van der Waals surface area (Å²) in [5.41, 5.74) is 1.06. The molecule has 0 amide bonds. The van der Waals surface area contributed by atoms with E-state index in [0.29, 0.717) is 17.8 Å². The van der Waals surface area contributed by atoms with Gasteiger partial charge in [0.25, 0.3) is 0 Å². The zero-order valence-electron chi connectivity index (χ0n) is 9.77. The molecule has 5 heteroatoms. The second kappa shape index (κ2) is 5.11. The predicted molar refractivity (Wildman–Crippen MR) is 75.7 cm³/mol. The molecule has 1 aromatic carbocycles. The molecule has 2 rings (SSSR count). The Morgan fingerprint density at radius 1 is 1.47 bits per heavy atom. The maximum absolute atomic E-state index is 12.2. The lowest BCUT2D eigenvalue weighted by atomic mass is 10.2. The molecule has 0 saturated heterocycles. The van der Waals surface area contributed by atoms with Gasteiger partial charge in [-0.15, -0.1) is 11.3 Å². The number of fused-ring (bicyclic) bond motifs is 1. The Balaban J connectivity index is 2.36. The van der Waals surface area contributed by atoms with Crippen LogP contribution in [-0.4, -0.2) is 13.3 Å². The molecule has 0 fully saturated rings. The van der Waals surface area contributed by atoms with Gasteiger partial charge < -0.3 is 4.52 Å². The number of thiophene rings is 1. The number of rotatable bonds is 4. The summed E-state index contributed by atoms with van der Waals surface area (Å²) < 4.78 is 18.6. The van der Waals surface area contributed by atoms with Crippen LogP contribution >= 0.6 is 30.3 Å². The SMILES string of the molecule is CCO[P@](C)(=O)Cc1csc2ccc(Cl)cc12. The fourth-order valence-corrected chi connectivity index (χ4v) is 4.56. The Morgan fingerprint density at radius 2 is 2.24 bits per heavy atom. The van der Waals surface area contributed by atoms with Crippen LogP contribution in [0, 0.1) is 0 Å². The van der Waals surface area contributed by atoms with Crippen LogP contribution < -0.4 is 0 Å². The lowest BCUT2D eigenvalue weighted by Crippen LogP contribution is -1.91. The lowest BCUT2D eigenvalue weighted by Gasteiger charge is -2.11. The quantitative estimate of drug-likeness (QED) is 0.740. The Morgan fingerprint density at radius 3 is 2.94 bits per heavy atom. The molecule has 0 spiro atoms. The molecule has 92 valence electrons. The van der Waals surface area contributed by atoms with E-state index in [1.54, 1.807) is 18.0 Å². The van der Waals surface area contributed by atoms with Crippen molar-refractivity contribution >= 4 is 40.4 Å². The molecule has 1 atom stereocenters. The van der Waals surface area contributed by atoms with E-state index in [4.69, 9.17) is 16.1 Å². The standard InChI is InChI=1S/C12H14ClO2PS/c1-3-15-16(2,14)7-9-8-17-12-5-4-10(13)6-11(9)12/h4-6,8H,3,7H2,1-2H3/t16-/m0/s1. The van der Waals surface area contributed by atoms with Crippen LogP contribution in [0.25, 0.3) is 10.1 Å². The van der Waals surface area contributed by atoms with Crippen molar-refractivity contribution in [1.29, 1.82) is 0 Å². The van der Waals surface area contributed by atoms with Crippen molar-refractivity contribution in [3.63, 3.8) is 0 Å². The Kier molecular flexibility index (Phi) is 3.94. The zero-order chi connectivity index (χ0) is 12.5. The topological polar surface area (TPSA) is 26.3 Å². The van der Waals surface area contributed by atoms with E-state index >= 15 is 0 Å². The van der Waals surface area contributed by atoms with Crippen LogP contribution in [0.3, 0.4) is 0 Å². The monoisotopic (exact) mass is 288 g/mol. The number of benzene rings is 1. The van der Waals surface area contributed by atoms with Crippen molar-refractivity contribution in [3.8, 4) is 0 Å². The molecule has 17 heavy (non-hydrogen) atoms. The smallest absolute Gasteiger partial charge is 0.204 e.